The number of nitriles is 1. The largest absolute Gasteiger partial charge is 0.455 e. The Labute approximate surface area is 171 Å². The molecule has 2 rings (SSSR count). The number of carbonyl (C=O) groups excluding carboxylic acids is 3. The summed E-state index contributed by atoms with van der Waals surface area (Å²) in [7, 11) is 0. The first-order valence-electron chi connectivity index (χ1n) is 8.51. The van der Waals surface area contributed by atoms with Gasteiger partial charge in [-0.3, -0.25) is 14.4 Å². The Morgan fingerprint density at radius 2 is 1.79 bits per heavy atom. The minimum absolute atomic E-state index is 0.0185. The maximum absolute atomic E-state index is 12.8. The molecule has 29 heavy (non-hydrogen) atoms. The van der Waals surface area contributed by atoms with Gasteiger partial charge in [0, 0.05) is 5.69 Å². The summed E-state index contributed by atoms with van der Waals surface area (Å²) >= 11 is 1.04. The van der Waals surface area contributed by atoms with Gasteiger partial charge in [0.1, 0.15) is 17.1 Å². The molecule has 9 heteroatoms. The topological polar surface area (TPSA) is 108 Å². The summed E-state index contributed by atoms with van der Waals surface area (Å²) in [5.41, 5.74) is 1.07. The summed E-state index contributed by atoms with van der Waals surface area (Å²) in [6.45, 7) is 1.05. The van der Waals surface area contributed by atoms with Gasteiger partial charge in [0.25, 0.3) is 5.91 Å². The Morgan fingerprint density at radius 1 is 1.10 bits per heavy atom. The number of hydrogen-bond acceptors (Lipinski definition) is 6. The molecule has 7 nitrogen and oxygen atoms in total. The van der Waals surface area contributed by atoms with Crippen molar-refractivity contribution in [1.29, 1.82) is 5.26 Å². The van der Waals surface area contributed by atoms with Gasteiger partial charge in [-0.15, -0.1) is 11.8 Å². The van der Waals surface area contributed by atoms with Crippen LogP contribution in [0.25, 0.3) is 0 Å². The predicted octanol–water partition coefficient (Wildman–Crippen LogP) is 2.94. The standard InChI is InChI=1S/C20H18FN3O4S/c1-13(29-12-19(26)23-16-8-6-15(21)7-9-16)20(27)28-11-18(25)24-17-5-3-2-4-14(17)10-22/h2-9,13H,11-12H2,1H3,(H,23,26)(H,24,25)/t13-/m0/s1. The third kappa shape index (κ3) is 7.27. The number of benzene rings is 2. The smallest absolute Gasteiger partial charge is 0.319 e. The SMILES string of the molecule is C[C@H](SCC(=O)Nc1ccc(F)cc1)C(=O)OCC(=O)Nc1ccccc1C#N. The van der Waals surface area contributed by atoms with E-state index in [1.807, 2.05) is 6.07 Å². The summed E-state index contributed by atoms with van der Waals surface area (Å²) in [5.74, 6) is -2.00. The number of anilines is 2. The van der Waals surface area contributed by atoms with E-state index in [0.29, 0.717) is 16.9 Å². The molecule has 150 valence electrons. The van der Waals surface area contributed by atoms with E-state index in [2.05, 4.69) is 10.6 Å². The van der Waals surface area contributed by atoms with E-state index in [9.17, 15) is 18.8 Å². The number of ether oxygens (including phenoxy) is 1. The molecule has 0 saturated carbocycles. The van der Waals surface area contributed by atoms with Gasteiger partial charge in [0.05, 0.1) is 17.0 Å². The van der Waals surface area contributed by atoms with E-state index >= 15 is 0 Å². The van der Waals surface area contributed by atoms with Gasteiger partial charge in [-0.2, -0.15) is 5.26 Å². The van der Waals surface area contributed by atoms with Crippen molar-refractivity contribution in [3.63, 3.8) is 0 Å². The zero-order valence-electron chi connectivity index (χ0n) is 15.5. The molecule has 1 atom stereocenters. The minimum Gasteiger partial charge on any atom is -0.455 e. The first-order chi connectivity index (χ1) is 13.9. The second kappa shape index (κ2) is 10.8. The fraction of sp³-hybridized carbons (Fsp3) is 0.200. The second-order valence-electron chi connectivity index (χ2n) is 5.82. The molecule has 0 heterocycles. The molecule has 0 saturated heterocycles. The fourth-order valence-corrected chi connectivity index (χ4v) is 2.81. The summed E-state index contributed by atoms with van der Waals surface area (Å²) < 4.78 is 17.8. The van der Waals surface area contributed by atoms with Gasteiger partial charge in [0.15, 0.2) is 6.61 Å². The van der Waals surface area contributed by atoms with Crippen LogP contribution in [0.5, 0.6) is 0 Å². The number of thioether (sulfide) groups is 1. The average Bonchev–Trinajstić information content (AvgIpc) is 2.72. The zero-order chi connectivity index (χ0) is 21.2. The molecule has 0 bridgehead atoms. The van der Waals surface area contributed by atoms with E-state index in [1.165, 1.54) is 24.3 Å². The van der Waals surface area contributed by atoms with Crippen LogP contribution in [0.1, 0.15) is 12.5 Å². The van der Waals surface area contributed by atoms with Gasteiger partial charge in [-0.1, -0.05) is 12.1 Å². The highest BCUT2D eigenvalue weighted by atomic mass is 32.2. The fourth-order valence-electron chi connectivity index (χ4n) is 2.13. The average molecular weight is 415 g/mol. The summed E-state index contributed by atoms with van der Waals surface area (Å²) in [5, 5.41) is 13.4. The molecule has 0 radical (unpaired) electrons. The van der Waals surface area contributed by atoms with Crippen LogP contribution in [0.3, 0.4) is 0 Å². The second-order valence-corrected chi connectivity index (χ2v) is 7.15. The maximum atomic E-state index is 12.8. The van der Waals surface area contributed by atoms with Crippen molar-refractivity contribution in [3.05, 3.63) is 59.9 Å². The van der Waals surface area contributed by atoms with Gasteiger partial charge < -0.3 is 15.4 Å². The van der Waals surface area contributed by atoms with E-state index in [0.717, 1.165) is 11.8 Å². The molecule has 0 unspecified atom stereocenters. The predicted molar refractivity (Wildman–Crippen MR) is 108 cm³/mol. The van der Waals surface area contributed by atoms with Crippen LogP contribution in [0, 0.1) is 17.1 Å². The van der Waals surface area contributed by atoms with Crippen molar-refractivity contribution < 1.29 is 23.5 Å². The zero-order valence-corrected chi connectivity index (χ0v) is 16.3. The maximum Gasteiger partial charge on any atom is 0.319 e. The summed E-state index contributed by atoms with van der Waals surface area (Å²) in [4.78, 5) is 35.8. The Balaban J connectivity index is 1.72. The Bertz CT molecular complexity index is 928. The van der Waals surface area contributed by atoms with E-state index in [-0.39, 0.29) is 11.7 Å². The lowest BCUT2D eigenvalue weighted by Crippen LogP contribution is -2.26. The number of amides is 2. The van der Waals surface area contributed by atoms with Crippen LogP contribution in [0.15, 0.2) is 48.5 Å². The van der Waals surface area contributed by atoms with Crippen LogP contribution in [-0.2, 0) is 19.1 Å². The highest BCUT2D eigenvalue weighted by Crippen LogP contribution is 2.15. The third-order valence-corrected chi connectivity index (χ3v) is 4.71. The Morgan fingerprint density at radius 3 is 2.48 bits per heavy atom. The molecule has 0 aliphatic heterocycles. The lowest BCUT2D eigenvalue weighted by Gasteiger charge is -2.12. The van der Waals surface area contributed by atoms with Crippen molar-refractivity contribution in [1.82, 2.24) is 0 Å². The lowest BCUT2D eigenvalue weighted by atomic mass is 10.2. The Hall–Kier alpha value is -3.38. The van der Waals surface area contributed by atoms with Crippen molar-refractivity contribution >= 4 is 40.9 Å². The Kier molecular flexibility index (Phi) is 8.18. The van der Waals surface area contributed by atoms with Crippen LogP contribution < -0.4 is 10.6 Å². The molecule has 0 spiro atoms. The summed E-state index contributed by atoms with van der Waals surface area (Å²) in [6, 6.07) is 13.7. The van der Waals surface area contributed by atoms with Crippen LogP contribution >= 0.6 is 11.8 Å². The monoisotopic (exact) mass is 415 g/mol. The first kappa shape index (κ1) is 21.9. The summed E-state index contributed by atoms with van der Waals surface area (Å²) in [6.07, 6.45) is 0. The van der Waals surface area contributed by atoms with Gasteiger partial charge in [-0.05, 0) is 43.3 Å². The normalized spacial score (nSPS) is 11.1. The van der Waals surface area contributed by atoms with E-state index < -0.39 is 29.6 Å². The minimum atomic E-state index is -0.673. The van der Waals surface area contributed by atoms with Gasteiger partial charge in [0.2, 0.25) is 5.91 Å². The number of hydrogen-bond donors (Lipinski definition) is 2. The van der Waals surface area contributed by atoms with E-state index in [1.54, 1.807) is 31.2 Å². The highest BCUT2D eigenvalue weighted by molar-refractivity contribution is 8.01. The first-order valence-corrected chi connectivity index (χ1v) is 9.56. The molecular weight excluding hydrogens is 397 g/mol. The van der Waals surface area contributed by atoms with Crippen LogP contribution in [0.4, 0.5) is 15.8 Å². The lowest BCUT2D eigenvalue weighted by molar-refractivity contribution is -0.146. The molecule has 2 N–H and O–H groups in total. The number of para-hydroxylation sites is 1. The van der Waals surface area contributed by atoms with Crippen molar-refractivity contribution in [2.45, 2.75) is 12.2 Å². The molecule has 0 fully saturated rings. The van der Waals surface area contributed by atoms with Gasteiger partial charge >= 0.3 is 5.97 Å². The van der Waals surface area contributed by atoms with Crippen molar-refractivity contribution in [3.8, 4) is 6.07 Å². The molecular formula is C20H18FN3O4S. The number of halogens is 1. The number of esters is 1. The quantitative estimate of drug-likeness (QED) is 0.642. The van der Waals surface area contributed by atoms with Gasteiger partial charge in [-0.25, -0.2) is 4.39 Å². The highest BCUT2D eigenvalue weighted by Gasteiger charge is 2.18. The van der Waals surface area contributed by atoms with Crippen molar-refractivity contribution in [2.75, 3.05) is 23.0 Å². The van der Waals surface area contributed by atoms with Crippen LogP contribution in [-0.4, -0.2) is 35.4 Å². The molecule has 0 aliphatic rings. The number of rotatable bonds is 8. The van der Waals surface area contributed by atoms with Crippen LogP contribution in [0.2, 0.25) is 0 Å². The number of nitrogens with one attached hydrogen (secondary N) is 2. The molecule has 0 aliphatic carbocycles. The molecule has 2 amide bonds. The van der Waals surface area contributed by atoms with Crippen molar-refractivity contribution in [2.24, 2.45) is 0 Å². The number of carbonyl (C=O) groups is 3. The third-order valence-electron chi connectivity index (χ3n) is 3.59. The van der Waals surface area contributed by atoms with E-state index in [4.69, 9.17) is 10.00 Å². The molecule has 2 aromatic rings. The number of nitrogens with zero attached hydrogens (tertiary/aromatic N) is 1. The molecule has 2 aromatic carbocycles. The molecule has 0 aromatic heterocycles.